The van der Waals surface area contributed by atoms with Gasteiger partial charge < -0.3 is 4.74 Å². The molecule has 1 aromatic rings. The summed E-state index contributed by atoms with van der Waals surface area (Å²) in [6.07, 6.45) is 2.89. The third-order valence-electron chi connectivity index (χ3n) is 2.14. The molecule has 1 aromatic carbocycles. The Labute approximate surface area is 89.9 Å². The van der Waals surface area contributed by atoms with E-state index in [0.29, 0.717) is 12.8 Å². The summed E-state index contributed by atoms with van der Waals surface area (Å²) in [5, 5.41) is 0. The van der Waals surface area contributed by atoms with Crippen molar-refractivity contribution in [3.63, 3.8) is 0 Å². The summed E-state index contributed by atoms with van der Waals surface area (Å²) in [6.45, 7) is 3.54. The van der Waals surface area contributed by atoms with E-state index in [1.165, 1.54) is 7.11 Å². The molecule has 0 radical (unpaired) electrons. The summed E-state index contributed by atoms with van der Waals surface area (Å²) < 4.78 is 4.59. The molecule has 0 aliphatic heterocycles. The fraction of sp³-hybridized carbons (Fsp3) is 0.231. The summed E-state index contributed by atoms with van der Waals surface area (Å²) in [5.74, 6) is -0.188. The van der Waals surface area contributed by atoms with Crippen LogP contribution in [-0.4, -0.2) is 13.1 Å². The molecule has 0 unspecified atom stereocenters. The van der Waals surface area contributed by atoms with Gasteiger partial charge in [0, 0.05) is 6.42 Å². The first-order chi connectivity index (χ1) is 7.27. The van der Waals surface area contributed by atoms with Crippen LogP contribution >= 0.6 is 0 Å². The van der Waals surface area contributed by atoms with Gasteiger partial charge in [0.05, 0.1) is 7.11 Å². The van der Waals surface area contributed by atoms with Crippen molar-refractivity contribution in [3.8, 4) is 0 Å². The molecule has 0 bridgehead atoms. The van der Waals surface area contributed by atoms with Crippen molar-refractivity contribution in [3.05, 3.63) is 47.7 Å². The van der Waals surface area contributed by atoms with Gasteiger partial charge in [-0.25, -0.2) is 0 Å². The molecule has 78 valence electrons. The molecular weight excluding hydrogens is 188 g/mol. The lowest BCUT2D eigenvalue weighted by Gasteiger charge is -2.04. The van der Waals surface area contributed by atoms with Gasteiger partial charge in [-0.3, -0.25) is 4.79 Å². The van der Waals surface area contributed by atoms with Gasteiger partial charge >= 0.3 is 5.97 Å². The summed E-state index contributed by atoms with van der Waals surface area (Å²) >= 11 is 0. The Bertz CT molecular complexity index is 387. The second kappa shape index (κ2) is 5.84. The molecular formula is C13H14O2. The van der Waals surface area contributed by atoms with Crippen LogP contribution in [0.15, 0.2) is 36.6 Å². The molecule has 0 aromatic heterocycles. The zero-order chi connectivity index (χ0) is 11.1. The Morgan fingerprint density at radius 2 is 2.27 bits per heavy atom. The van der Waals surface area contributed by atoms with Crippen molar-refractivity contribution in [2.24, 2.45) is 0 Å². The Morgan fingerprint density at radius 1 is 1.53 bits per heavy atom. The molecule has 2 nitrogen and oxygen atoms in total. The highest BCUT2D eigenvalue weighted by Crippen LogP contribution is 2.12. The van der Waals surface area contributed by atoms with Crippen LogP contribution in [0.5, 0.6) is 0 Å². The normalized spacial score (nSPS) is 9.13. The van der Waals surface area contributed by atoms with Crippen LogP contribution in [-0.2, 0) is 16.0 Å². The molecule has 0 atom stereocenters. The molecule has 0 aliphatic rings. The maximum atomic E-state index is 11.0. The predicted molar refractivity (Wildman–Crippen MR) is 60.4 cm³/mol. The highest BCUT2D eigenvalue weighted by molar-refractivity contribution is 5.69. The van der Waals surface area contributed by atoms with E-state index in [0.717, 1.165) is 11.1 Å². The quantitative estimate of drug-likeness (QED) is 0.554. The van der Waals surface area contributed by atoms with Gasteiger partial charge in [-0.05, 0) is 23.6 Å². The molecule has 0 saturated carbocycles. The van der Waals surface area contributed by atoms with Crippen molar-refractivity contribution in [1.29, 1.82) is 0 Å². The van der Waals surface area contributed by atoms with Gasteiger partial charge in [-0.1, -0.05) is 30.8 Å². The zero-order valence-corrected chi connectivity index (χ0v) is 8.82. The largest absolute Gasteiger partial charge is 0.469 e. The maximum absolute atomic E-state index is 11.0. The van der Waals surface area contributed by atoms with Gasteiger partial charge in [0.1, 0.15) is 0 Å². The van der Waals surface area contributed by atoms with Crippen molar-refractivity contribution in [2.45, 2.75) is 12.8 Å². The van der Waals surface area contributed by atoms with Crippen LogP contribution in [0, 0.1) is 0 Å². The van der Waals surface area contributed by atoms with E-state index in [-0.39, 0.29) is 5.97 Å². The van der Waals surface area contributed by atoms with Gasteiger partial charge in [0.25, 0.3) is 0 Å². The maximum Gasteiger partial charge on any atom is 0.305 e. The smallest absolute Gasteiger partial charge is 0.305 e. The number of methoxy groups -OCH3 is 1. The van der Waals surface area contributed by atoms with Crippen LogP contribution < -0.4 is 0 Å². The summed E-state index contributed by atoms with van der Waals surface area (Å²) in [7, 11) is 1.40. The van der Waals surface area contributed by atoms with E-state index in [1.54, 1.807) is 0 Å². The third kappa shape index (κ3) is 3.45. The Morgan fingerprint density at radius 3 is 2.93 bits per heavy atom. The van der Waals surface area contributed by atoms with E-state index in [2.05, 4.69) is 17.0 Å². The number of aryl methyl sites for hydroxylation is 1. The molecule has 15 heavy (non-hydrogen) atoms. The van der Waals surface area contributed by atoms with E-state index < -0.39 is 0 Å². The monoisotopic (exact) mass is 202 g/mol. The first-order valence-electron chi connectivity index (χ1n) is 4.78. The van der Waals surface area contributed by atoms with Gasteiger partial charge in [-0.2, -0.15) is 0 Å². The van der Waals surface area contributed by atoms with Crippen molar-refractivity contribution < 1.29 is 9.53 Å². The number of hydrogen-bond donors (Lipinski definition) is 0. The minimum atomic E-state index is -0.188. The van der Waals surface area contributed by atoms with Crippen LogP contribution in [0.4, 0.5) is 0 Å². The highest BCUT2D eigenvalue weighted by Gasteiger charge is 2.03. The third-order valence-corrected chi connectivity index (χ3v) is 2.14. The molecule has 2 heteroatoms. The molecule has 0 N–H and O–H groups in total. The van der Waals surface area contributed by atoms with Crippen molar-refractivity contribution in [1.82, 2.24) is 0 Å². The zero-order valence-electron chi connectivity index (χ0n) is 8.82. The van der Waals surface area contributed by atoms with Crippen LogP contribution in [0.3, 0.4) is 0 Å². The van der Waals surface area contributed by atoms with Gasteiger partial charge in [0.15, 0.2) is 0 Å². The summed E-state index contributed by atoms with van der Waals surface area (Å²) in [4.78, 5) is 11.0. The molecule has 1 rings (SSSR count). The number of esters is 1. The van der Waals surface area contributed by atoms with E-state index in [4.69, 9.17) is 0 Å². The SMILES string of the molecule is C=C=Cc1ccccc1CCC(=O)OC. The van der Waals surface area contributed by atoms with Gasteiger partial charge in [0.2, 0.25) is 0 Å². The van der Waals surface area contributed by atoms with Crippen LogP contribution in [0.2, 0.25) is 0 Å². The lowest BCUT2D eigenvalue weighted by atomic mass is 10.0. The lowest BCUT2D eigenvalue weighted by Crippen LogP contribution is -2.02. The minimum absolute atomic E-state index is 0.188. The molecule has 0 fully saturated rings. The van der Waals surface area contributed by atoms with Gasteiger partial charge in [-0.15, -0.1) is 5.73 Å². The average Bonchev–Trinajstić information content (AvgIpc) is 2.28. The Balaban J connectivity index is 2.75. The van der Waals surface area contributed by atoms with E-state index in [1.807, 2.05) is 30.3 Å². The molecule has 0 spiro atoms. The fourth-order valence-electron chi connectivity index (χ4n) is 1.35. The average molecular weight is 202 g/mol. The highest BCUT2D eigenvalue weighted by atomic mass is 16.5. The molecule has 0 heterocycles. The Kier molecular flexibility index (Phi) is 4.39. The predicted octanol–water partition coefficient (Wildman–Crippen LogP) is 2.59. The molecule has 0 amide bonds. The second-order valence-corrected chi connectivity index (χ2v) is 3.12. The molecule has 0 aliphatic carbocycles. The fourth-order valence-corrected chi connectivity index (χ4v) is 1.35. The Hall–Kier alpha value is -1.79. The van der Waals surface area contributed by atoms with Crippen LogP contribution in [0.1, 0.15) is 17.5 Å². The van der Waals surface area contributed by atoms with E-state index in [9.17, 15) is 4.79 Å². The summed E-state index contributed by atoms with van der Waals surface area (Å²) in [5.41, 5.74) is 4.90. The topological polar surface area (TPSA) is 26.3 Å². The minimum Gasteiger partial charge on any atom is -0.469 e. The number of benzene rings is 1. The number of carbonyl (C=O) groups excluding carboxylic acids is 1. The number of ether oxygens (including phenoxy) is 1. The first-order valence-corrected chi connectivity index (χ1v) is 4.78. The van der Waals surface area contributed by atoms with Crippen molar-refractivity contribution >= 4 is 12.0 Å². The number of rotatable bonds is 4. The van der Waals surface area contributed by atoms with Crippen molar-refractivity contribution in [2.75, 3.05) is 7.11 Å². The van der Waals surface area contributed by atoms with Crippen LogP contribution in [0.25, 0.3) is 6.08 Å². The molecule has 0 saturated heterocycles. The lowest BCUT2D eigenvalue weighted by molar-refractivity contribution is -0.140. The standard InChI is InChI=1S/C13H14O2/c1-3-6-11-7-4-5-8-12(11)9-10-13(14)15-2/h4-8H,1,9-10H2,2H3. The van der Waals surface area contributed by atoms with E-state index >= 15 is 0 Å². The number of hydrogen-bond acceptors (Lipinski definition) is 2. The number of carbonyl (C=O) groups is 1. The second-order valence-electron chi connectivity index (χ2n) is 3.12. The first kappa shape index (κ1) is 11.3. The summed E-state index contributed by atoms with van der Waals surface area (Å²) in [6, 6.07) is 7.87.